The van der Waals surface area contributed by atoms with E-state index in [1.807, 2.05) is 0 Å². The Balaban J connectivity index is 3.50. The van der Waals surface area contributed by atoms with Gasteiger partial charge >= 0.3 is 5.97 Å². The molecule has 3 N–H and O–H groups in total. The van der Waals surface area contributed by atoms with Crippen molar-refractivity contribution < 1.29 is 9.53 Å². The third kappa shape index (κ3) is 4.87. The lowest BCUT2D eigenvalue weighted by atomic mass is 10.3. The number of rotatable bonds is 6. The molecule has 0 saturated carbocycles. The second-order valence-corrected chi connectivity index (χ2v) is 2.29. The molecule has 12 heavy (non-hydrogen) atoms. The fourth-order valence-corrected chi connectivity index (χ4v) is 0.647. The van der Waals surface area contributed by atoms with Gasteiger partial charge in [-0.25, -0.2) is 4.79 Å². The summed E-state index contributed by atoms with van der Waals surface area (Å²) in [6.45, 7) is 7.38. The molecule has 0 saturated heterocycles. The maximum atomic E-state index is 10.9. The Morgan fingerprint density at radius 3 is 2.83 bits per heavy atom. The normalized spacial score (nSPS) is 9.50. The first-order valence-electron chi connectivity index (χ1n) is 3.98. The Bertz CT molecular complexity index is 157. The molecule has 0 aromatic carbocycles. The third-order valence-electron chi connectivity index (χ3n) is 1.22. The van der Waals surface area contributed by atoms with Gasteiger partial charge in [-0.15, -0.1) is 0 Å². The zero-order valence-electron chi connectivity index (χ0n) is 7.43. The monoisotopic (exact) mass is 172 g/mol. The van der Waals surface area contributed by atoms with Gasteiger partial charge in [0.15, 0.2) is 0 Å². The SMILES string of the molecule is C=C(CNCCN)C(=O)OCC. The molecule has 0 amide bonds. The van der Waals surface area contributed by atoms with Gasteiger partial charge in [-0.1, -0.05) is 6.58 Å². The summed E-state index contributed by atoms with van der Waals surface area (Å²) in [5.41, 5.74) is 5.68. The van der Waals surface area contributed by atoms with Crippen molar-refractivity contribution >= 4 is 5.97 Å². The van der Waals surface area contributed by atoms with Crippen molar-refractivity contribution in [2.75, 3.05) is 26.2 Å². The van der Waals surface area contributed by atoms with Gasteiger partial charge in [-0.05, 0) is 6.92 Å². The predicted octanol–water partition coefficient (Wildman–Crippen LogP) is -0.346. The molecule has 0 aliphatic rings. The highest BCUT2D eigenvalue weighted by atomic mass is 16.5. The number of hydrogen-bond donors (Lipinski definition) is 2. The highest BCUT2D eigenvalue weighted by Crippen LogP contribution is 1.91. The molecule has 0 fully saturated rings. The van der Waals surface area contributed by atoms with Gasteiger partial charge in [-0.3, -0.25) is 0 Å². The first kappa shape index (κ1) is 11.1. The fraction of sp³-hybridized carbons (Fsp3) is 0.625. The van der Waals surface area contributed by atoms with Crippen molar-refractivity contribution in [2.24, 2.45) is 5.73 Å². The molecule has 70 valence electrons. The Hall–Kier alpha value is -0.870. The van der Waals surface area contributed by atoms with Gasteiger partial charge in [0.1, 0.15) is 0 Å². The van der Waals surface area contributed by atoms with Gasteiger partial charge in [0.25, 0.3) is 0 Å². The van der Waals surface area contributed by atoms with E-state index < -0.39 is 0 Å². The molecule has 0 spiro atoms. The molecule has 4 heteroatoms. The van der Waals surface area contributed by atoms with E-state index in [9.17, 15) is 4.79 Å². The lowest BCUT2D eigenvalue weighted by Gasteiger charge is -2.05. The zero-order chi connectivity index (χ0) is 9.40. The summed E-state index contributed by atoms with van der Waals surface area (Å²) in [6, 6.07) is 0. The maximum Gasteiger partial charge on any atom is 0.334 e. The van der Waals surface area contributed by atoms with Crippen LogP contribution in [-0.4, -0.2) is 32.2 Å². The molecule has 0 aliphatic heterocycles. The molecule has 0 rings (SSSR count). The van der Waals surface area contributed by atoms with Crippen molar-refractivity contribution in [2.45, 2.75) is 6.92 Å². The van der Waals surface area contributed by atoms with E-state index >= 15 is 0 Å². The molecule has 0 aliphatic carbocycles. The van der Waals surface area contributed by atoms with Crippen LogP contribution in [0.2, 0.25) is 0 Å². The van der Waals surface area contributed by atoms with Crippen LogP contribution in [0.5, 0.6) is 0 Å². The number of hydrogen-bond acceptors (Lipinski definition) is 4. The number of esters is 1. The van der Waals surface area contributed by atoms with Crippen molar-refractivity contribution in [1.82, 2.24) is 5.32 Å². The molecule has 4 nitrogen and oxygen atoms in total. The van der Waals surface area contributed by atoms with Crippen LogP contribution in [-0.2, 0) is 9.53 Å². The predicted molar refractivity (Wildman–Crippen MR) is 47.7 cm³/mol. The van der Waals surface area contributed by atoms with Gasteiger partial charge < -0.3 is 15.8 Å². The Morgan fingerprint density at radius 1 is 1.67 bits per heavy atom. The minimum Gasteiger partial charge on any atom is -0.463 e. The van der Waals surface area contributed by atoms with E-state index in [1.165, 1.54) is 0 Å². The van der Waals surface area contributed by atoms with E-state index in [-0.39, 0.29) is 5.97 Å². The number of carbonyl (C=O) groups excluding carboxylic acids is 1. The zero-order valence-corrected chi connectivity index (χ0v) is 7.43. The lowest BCUT2D eigenvalue weighted by molar-refractivity contribution is -0.138. The molecular weight excluding hydrogens is 156 g/mol. The smallest absolute Gasteiger partial charge is 0.334 e. The van der Waals surface area contributed by atoms with Crippen molar-refractivity contribution in [3.05, 3.63) is 12.2 Å². The van der Waals surface area contributed by atoms with Gasteiger partial charge in [0.2, 0.25) is 0 Å². The Kier molecular flexibility index (Phi) is 6.32. The van der Waals surface area contributed by atoms with Crippen LogP contribution < -0.4 is 11.1 Å². The number of carbonyl (C=O) groups is 1. The lowest BCUT2D eigenvalue weighted by Crippen LogP contribution is -2.26. The highest BCUT2D eigenvalue weighted by molar-refractivity contribution is 5.88. The number of nitrogens with two attached hydrogens (primary N) is 1. The van der Waals surface area contributed by atoms with Crippen molar-refractivity contribution in [3.8, 4) is 0 Å². The van der Waals surface area contributed by atoms with Gasteiger partial charge in [0, 0.05) is 25.2 Å². The Labute approximate surface area is 72.8 Å². The van der Waals surface area contributed by atoms with E-state index in [1.54, 1.807) is 6.92 Å². The second kappa shape index (κ2) is 6.82. The van der Waals surface area contributed by atoms with E-state index in [0.29, 0.717) is 31.8 Å². The van der Waals surface area contributed by atoms with Crippen LogP contribution >= 0.6 is 0 Å². The van der Waals surface area contributed by atoms with E-state index in [4.69, 9.17) is 10.5 Å². The Morgan fingerprint density at radius 2 is 2.33 bits per heavy atom. The highest BCUT2D eigenvalue weighted by Gasteiger charge is 2.05. The topological polar surface area (TPSA) is 64.3 Å². The van der Waals surface area contributed by atoms with Crippen molar-refractivity contribution in [1.29, 1.82) is 0 Å². The first-order valence-corrected chi connectivity index (χ1v) is 3.98. The molecule has 0 atom stereocenters. The summed E-state index contributed by atoms with van der Waals surface area (Å²) in [5, 5.41) is 2.95. The van der Waals surface area contributed by atoms with Crippen LogP contribution in [0.4, 0.5) is 0 Å². The number of ether oxygens (including phenoxy) is 1. The van der Waals surface area contributed by atoms with Crippen molar-refractivity contribution in [3.63, 3.8) is 0 Å². The molecule has 0 radical (unpaired) electrons. The molecule has 0 unspecified atom stereocenters. The molecular formula is C8H16N2O2. The van der Waals surface area contributed by atoms with Crippen LogP contribution in [0, 0.1) is 0 Å². The minimum absolute atomic E-state index is 0.345. The summed E-state index contributed by atoms with van der Waals surface area (Å²) in [7, 11) is 0. The van der Waals surface area contributed by atoms with E-state index in [2.05, 4.69) is 11.9 Å². The average Bonchev–Trinajstić information content (AvgIpc) is 2.05. The summed E-state index contributed by atoms with van der Waals surface area (Å²) >= 11 is 0. The number of nitrogens with one attached hydrogen (secondary N) is 1. The molecule has 0 aromatic heterocycles. The fourth-order valence-electron chi connectivity index (χ4n) is 0.647. The average molecular weight is 172 g/mol. The van der Waals surface area contributed by atoms with Gasteiger partial charge in [0.05, 0.1) is 6.61 Å². The van der Waals surface area contributed by atoms with Gasteiger partial charge in [-0.2, -0.15) is 0 Å². The van der Waals surface area contributed by atoms with Crippen LogP contribution in [0.3, 0.4) is 0 Å². The summed E-state index contributed by atoms with van der Waals surface area (Å²) in [4.78, 5) is 10.9. The summed E-state index contributed by atoms with van der Waals surface area (Å²) in [6.07, 6.45) is 0. The maximum absolute atomic E-state index is 10.9. The second-order valence-electron chi connectivity index (χ2n) is 2.29. The summed E-state index contributed by atoms with van der Waals surface area (Å²) < 4.78 is 4.72. The summed E-state index contributed by atoms with van der Waals surface area (Å²) in [5.74, 6) is -0.345. The standard InChI is InChI=1S/C8H16N2O2/c1-3-12-8(11)7(2)6-10-5-4-9/h10H,2-6,9H2,1H3. The molecule has 0 heterocycles. The quantitative estimate of drug-likeness (QED) is 0.327. The minimum atomic E-state index is -0.345. The molecule has 0 aromatic rings. The van der Waals surface area contributed by atoms with E-state index in [0.717, 1.165) is 0 Å². The van der Waals surface area contributed by atoms with Crippen LogP contribution in [0.25, 0.3) is 0 Å². The molecule has 0 bridgehead atoms. The first-order chi connectivity index (χ1) is 5.72. The largest absolute Gasteiger partial charge is 0.463 e. The third-order valence-corrected chi connectivity index (χ3v) is 1.22. The van der Waals surface area contributed by atoms with Crippen LogP contribution in [0.1, 0.15) is 6.92 Å². The van der Waals surface area contributed by atoms with Crippen LogP contribution in [0.15, 0.2) is 12.2 Å².